The molecule has 0 saturated carbocycles. The van der Waals surface area contributed by atoms with E-state index in [0.717, 1.165) is 16.6 Å². The number of fused-ring (bicyclic) bond motifs is 2. The van der Waals surface area contributed by atoms with Crippen molar-refractivity contribution < 1.29 is 90.9 Å². The molecule has 16 atom stereocenters. The number of rotatable bonds is 38. The minimum atomic E-state index is -1.89. The Kier molecular flexibility index (Phi) is 29.2. The van der Waals surface area contributed by atoms with Crippen molar-refractivity contribution in [3.63, 3.8) is 0 Å². The van der Waals surface area contributed by atoms with Crippen LogP contribution in [0.15, 0.2) is 42.5 Å². The second kappa shape index (κ2) is 34.3. The quantitative estimate of drug-likeness (QED) is 0.0144. The molecule has 0 bridgehead atoms. The van der Waals surface area contributed by atoms with Crippen molar-refractivity contribution in [2.24, 2.45) is 0 Å². The molecule has 3 aromatic rings. The molecule has 28 heteroatoms. The van der Waals surface area contributed by atoms with Gasteiger partial charge < -0.3 is 102 Å². The van der Waals surface area contributed by atoms with Crippen LogP contribution in [-0.4, -0.2) is 261 Å². The zero-order chi connectivity index (χ0) is 58.3. The standard InChI is InChI=1S/C51H88N10O18/c1-52-33(14-16-41(68)54-22-36(64)44(71)46(73)38(66)26-62)49(76)59-34(15-17-42(69)55-23-37(65)45(72)47(74)39(67)27-63)48(75)53-18-8-4-5-9-19-61-24-29-20-28(12-13-30(29)56-35(51(61)78)21-43(70)79-3)50(77)60(2)25-40-57-31-10-6-7-11-32(31)58-40/h6-7,10-13,20,33-39,42,44-53,55-56,59,62-67,69,71-78H,4-5,8-9,14-19,21-27H2,1-3H3,(H,54,68)(H,57,58)/t33-,34-,35?,36+,37-,38-,39+,42+,44-,45-,46-,47-,48+,49+,50+,51+/m0/s1. The molecule has 0 fully saturated rings. The van der Waals surface area contributed by atoms with Crippen molar-refractivity contribution in [1.29, 1.82) is 0 Å². The Balaban J connectivity index is 1.34. The number of carbonyl (C=O) groups excluding carboxylic acids is 2. The summed E-state index contributed by atoms with van der Waals surface area (Å²) in [6, 6.07) is 10.7. The average molecular weight is 1130 g/mol. The number of benzene rings is 2. The number of unbranched alkanes of at least 4 members (excludes halogenated alkanes) is 3. The summed E-state index contributed by atoms with van der Waals surface area (Å²) in [5, 5.41) is 172. The molecule has 2 aromatic carbocycles. The van der Waals surface area contributed by atoms with Gasteiger partial charge in [0.2, 0.25) is 5.91 Å². The fourth-order valence-corrected chi connectivity index (χ4v) is 9.15. The van der Waals surface area contributed by atoms with Crippen molar-refractivity contribution in [3.8, 4) is 0 Å². The van der Waals surface area contributed by atoms with E-state index in [1.165, 1.54) is 14.2 Å². The fourth-order valence-electron chi connectivity index (χ4n) is 9.15. The fraction of sp³-hybridized carbons (Fsp3) is 0.706. The van der Waals surface area contributed by atoms with Crippen LogP contribution in [0.1, 0.15) is 81.0 Å². The Labute approximate surface area is 459 Å². The molecule has 1 aliphatic rings. The highest BCUT2D eigenvalue weighted by Crippen LogP contribution is 2.31. The minimum Gasteiger partial charge on any atom is -0.469 e. The van der Waals surface area contributed by atoms with E-state index in [-0.39, 0.29) is 32.1 Å². The molecule has 1 amide bonds. The first-order valence-electron chi connectivity index (χ1n) is 26.7. The number of aliphatic hydroxyl groups is 15. The topological polar surface area (TPSA) is 454 Å². The number of likely N-dealkylation sites (N-methyl/N-ethyl adjacent to an activating group) is 1. The van der Waals surface area contributed by atoms with E-state index >= 15 is 0 Å². The number of aliphatic hydroxyl groups excluding tert-OH is 15. The lowest BCUT2D eigenvalue weighted by molar-refractivity contribution is -0.142. The lowest BCUT2D eigenvalue weighted by Crippen LogP contribution is -2.57. The molecule has 4 rings (SSSR count). The lowest BCUT2D eigenvalue weighted by Gasteiger charge is -2.32. The van der Waals surface area contributed by atoms with Gasteiger partial charge in [-0.15, -0.1) is 0 Å². The summed E-state index contributed by atoms with van der Waals surface area (Å²) in [6.07, 6.45) is -18.3. The number of esters is 1. The number of para-hydroxylation sites is 2. The van der Waals surface area contributed by atoms with Crippen molar-refractivity contribution in [2.75, 3.05) is 65.9 Å². The zero-order valence-electron chi connectivity index (χ0n) is 45.1. The first kappa shape index (κ1) is 67.3. The van der Waals surface area contributed by atoms with Gasteiger partial charge in [0.15, 0.2) is 0 Å². The summed E-state index contributed by atoms with van der Waals surface area (Å²) in [6.45, 7) is -1.33. The maximum atomic E-state index is 12.7. The number of imidazole rings is 1. The van der Waals surface area contributed by atoms with Gasteiger partial charge in [-0.3, -0.25) is 35.3 Å². The van der Waals surface area contributed by atoms with Gasteiger partial charge >= 0.3 is 5.97 Å². The van der Waals surface area contributed by atoms with Crippen molar-refractivity contribution in [2.45, 2.75) is 169 Å². The number of H-pyrrole nitrogens is 1. The van der Waals surface area contributed by atoms with Crippen molar-refractivity contribution in [3.05, 3.63) is 59.4 Å². The maximum Gasteiger partial charge on any atom is 0.307 e. The Morgan fingerprint density at radius 2 is 1.43 bits per heavy atom. The first-order valence-corrected chi connectivity index (χ1v) is 26.7. The third-order valence-electron chi connectivity index (χ3n) is 14.1. The largest absolute Gasteiger partial charge is 0.469 e. The van der Waals surface area contributed by atoms with E-state index in [2.05, 4.69) is 41.9 Å². The number of hydrogen-bond acceptors (Lipinski definition) is 26. The van der Waals surface area contributed by atoms with Crippen LogP contribution in [0.2, 0.25) is 0 Å². The summed E-state index contributed by atoms with van der Waals surface area (Å²) in [7, 11) is 4.59. The summed E-state index contributed by atoms with van der Waals surface area (Å²) in [5.74, 6) is -0.418. The van der Waals surface area contributed by atoms with E-state index in [1.54, 1.807) is 18.0 Å². The smallest absolute Gasteiger partial charge is 0.307 e. The van der Waals surface area contributed by atoms with E-state index in [4.69, 9.17) is 14.9 Å². The van der Waals surface area contributed by atoms with Crippen LogP contribution in [0.25, 0.3) is 11.0 Å². The third kappa shape index (κ3) is 21.3. The van der Waals surface area contributed by atoms with Gasteiger partial charge in [-0.2, -0.15) is 0 Å². The molecule has 1 aliphatic heterocycles. The summed E-state index contributed by atoms with van der Waals surface area (Å²) in [5.41, 5.74) is 3.83. The number of ether oxygens (including phenoxy) is 1. The van der Waals surface area contributed by atoms with E-state index < -0.39 is 136 Å². The Hall–Kier alpha value is -4.19. The number of hydrogen-bond donors (Lipinski definition) is 22. The van der Waals surface area contributed by atoms with Crippen LogP contribution in [-0.2, 0) is 27.4 Å². The van der Waals surface area contributed by atoms with Gasteiger partial charge in [-0.25, -0.2) is 4.98 Å². The molecule has 79 heavy (non-hydrogen) atoms. The Morgan fingerprint density at radius 3 is 2.08 bits per heavy atom. The molecule has 22 N–H and O–H groups in total. The zero-order valence-corrected chi connectivity index (χ0v) is 45.1. The summed E-state index contributed by atoms with van der Waals surface area (Å²) >= 11 is 0. The first-order chi connectivity index (χ1) is 37.6. The van der Waals surface area contributed by atoms with Crippen LogP contribution >= 0.6 is 0 Å². The third-order valence-corrected chi connectivity index (χ3v) is 14.1. The number of methoxy groups -OCH3 is 1. The Morgan fingerprint density at radius 1 is 0.785 bits per heavy atom. The highest BCUT2D eigenvalue weighted by Gasteiger charge is 2.35. The normalized spacial score (nSPS) is 20.5. The van der Waals surface area contributed by atoms with Crippen LogP contribution in [0.5, 0.6) is 0 Å². The lowest BCUT2D eigenvalue weighted by atomic mass is 10.0. The number of anilines is 1. The molecule has 0 radical (unpaired) electrons. The van der Waals surface area contributed by atoms with Gasteiger partial charge in [0, 0.05) is 50.4 Å². The summed E-state index contributed by atoms with van der Waals surface area (Å²) < 4.78 is 4.94. The number of nitrogens with one attached hydrogen (secondary N) is 7. The molecule has 1 unspecified atom stereocenters. The van der Waals surface area contributed by atoms with Gasteiger partial charge in [0.25, 0.3) is 0 Å². The highest BCUT2D eigenvalue weighted by molar-refractivity contribution is 5.76. The number of nitrogens with zero attached hydrogens (tertiary/aromatic N) is 3. The SMILES string of the molecule is CN[C@@H](CCC(=O)NC[C@@H](O)[C@H](O)[C@@H](O)[C@@H](O)CO)[C@@H](O)N[C@@H](CC[C@@H](O)NC[C@H](O)[C@H](O)[C@@H](O)[C@H](O)CO)[C@@H](O)NCCCCCCN1Cc2cc([C@@H](O)N(C)Cc3nc4ccccc4[nH]3)ccc2NC(CC(=O)OC)[C@H]1O. The van der Waals surface area contributed by atoms with E-state index in [9.17, 15) is 76.0 Å². The molecule has 0 aliphatic carbocycles. The molecule has 450 valence electrons. The van der Waals surface area contributed by atoms with Crippen LogP contribution in [0.4, 0.5) is 5.69 Å². The molecule has 28 nitrogen and oxygen atoms in total. The van der Waals surface area contributed by atoms with Crippen LogP contribution in [0, 0.1) is 0 Å². The second-order valence-electron chi connectivity index (χ2n) is 20.2. The van der Waals surface area contributed by atoms with Crippen molar-refractivity contribution in [1.82, 2.24) is 46.4 Å². The number of aromatic nitrogens is 2. The summed E-state index contributed by atoms with van der Waals surface area (Å²) in [4.78, 5) is 36.7. The Bertz CT molecular complexity index is 2190. The average Bonchev–Trinajstić information content (AvgIpc) is 3.88. The predicted octanol–water partition coefficient (Wildman–Crippen LogP) is -6.05. The molecule has 2 heterocycles. The van der Waals surface area contributed by atoms with Crippen LogP contribution in [0.3, 0.4) is 0 Å². The van der Waals surface area contributed by atoms with Crippen molar-refractivity contribution >= 4 is 28.6 Å². The molecule has 0 spiro atoms. The van der Waals surface area contributed by atoms with Gasteiger partial charge in [0.05, 0.1) is 62.6 Å². The monoisotopic (exact) mass is 1130 g/mol. The minimum absolute atomic E-state index is 0.00878. The van der Waals surface area contributed by atoms with E-state index in [0.29, 0.717) is 68.9 Å². The molecular weight excluding hydrogens is 1040 g/mol. The number of aromatic amines is 1. The maximum absolute atomic E-state index is 12.7. The van der Waals surface area contributed by atoms with Crippen LogP contribution < -0.4 is 31.9 Å². The van der Waals surface area contributed by atoms with Gasteiger partial charge in [-0.05, 0) is 88.1 Å². The number of amides is 1. The molecular formula is C51H88N10O18. The van der Waals surface area contributed by atoms with Gasteiger partial charge in [-0.1, -0.05) is 31.0 Å². The number of carbonyl (C=O) groups is 2. The van der Waals surface area contributed by atoms with E-state index in [1.807, 2.05) is 41.3 Å². The molecule has 1 aromatic heterocycles. The molecule has 0 saturated heterocycles. The predicted molar refractivity (Wildman–Crippen MR) is 285 cm³/mol. The van der Waals surface area contributed by atoms with Gasteiger partial charge in [0.1, 0.15) is 73.6 Å². The highest BCUT2D eigenvalue weighted by atomic mass is 16.5. The second-order valence-corrected chi connectivity index (χ2v) is 20.2.